The van der Waals surface area contributed by atoms with E-state index in [0.29, 0.717) is 12.6 Å². The maximum atomic E-state index is 11.5. The molecule has 1 atom stereocenters. The third kappa shape index (κ3) is 1.52. The smallest absolute Gasteiger partial charge is 0.239 e. The number of nitrogens with zero attached hydrogens (tertiary/aromatic N) is 1. The van der Waals surface area contributed by atoms with E-state index in [4.69, 9.17) is 0 Å². The number of para-hydroxylation sites is 1. The Kier molecular flexibility index (Phi) is 2.39. The maximum Gasteiger partial charge on any atom is 0.239 e. The van der Waals surface area contributed by atoms with E-state index < -0.39 is 0 Å². The Morgan fingerprint density at radius 1 is 1.44 bits per heavy atom. The largest absolute Gasteiger partial charge is 0.356 e. The van der Waals surface area contributed by atoms with E-state index in [0.717, 1.165) is 23.9 Å². The zero-order valence-corrected chi connectivity index (χ0v) is 10.5. The van der Waals surface area contributed by atoms with Gasteiger partial charge in [-0.05, 0) is 40.4 Å². The molecule has 2 aliphatic heterocycles. The number of benzene rings is 1. The lowest BCUT2D eigenvalue weighted by molar-refractivity contribution is -0.120. The van der Waals surface area contributed by atoms with Crippen molar-refractivity contribution in [2.45, 2.75) is 18.9 Å². The normalized spacial score (nSPS) is 23.4. The van der Waals surface area contributed by atoms with Crippen LogP contribution in [-0.2, 0) is 11.2 Å². The maximum absolute atomic E-state index is 11.5. The van der Waals surface area contributed by atoms with Crippen molar-refractivity contribution >= 4 is 27.5 Å². The van der Waals surface area contributed by atoms with E-state index in [1.54, 1.807) is 0 Å². The zero-order valence-electron chi connectivity index (χ0n) is 8.87. The number of fused-ring (bicyclic) bond motifs is 3. The molecule has 1 N–H and O–H groups in total. The molecule has 0 spiro atoms. The number of hydrogen-bond donors (Lipinski definition) is 1. The van der Waals surface area contributed by atoms with E-state index in [-0.39, 0.29) is 5.91 Å². The van der Waals surface area contributed by atoms with Crippen LogP contribution in [0.25, 0.3) is 0 Å². The number of piperazine rings is 1. The average Bonchev–Trinajstić information content (AvgIpc) is 2.28. The average molecular weight is 281 g/mol. The molecule has 1 unspecified atom stereocenters. The van der Waals surface area contributed by atoms with Crippen molar-refractivity contribution in [2.24, 2.45) is 0 Å². The van der Waals surface area contributed by atoms with Crippen LogP contribution in [0.3, 0.4) is 0 Å². The molecule has 1 aromatic rings. The molecular formula is C12H13BrN2O. The molecule has 1 saturated heterocycles. The van der Waals surface area contributed by atoms with E-state index in [9.17, 15) is 4.79 Å². The van der Waals surface area contributed by atoms with Crippen molar-refractivity contribution in [3.63, 3.8) is 0 Å². The molecule has 2 heterocycles. The van der Waals surface area contributed by atoms with Gasteiger partial charge in [0.1, 0.15) is 0 Å². The quantitative estimate of drug-likeness (QED) is 0.785. The summed E-state index contributed by atoms with van der Waals surface area (Å²) in [4.78, 5) is 13.7. The number of carbonyl (C=O) groups is 1. The molecule has 0 bridgehead atoms. The first-order valence-corrected chi connectivity index (χ1v) is 6.36. The standard InChI is InChI=1S/C12H13BrN2O/c13-10-3-1-2-8-4-5-9-6-14-11(16)7-15(9)12(8)10/h1-3,9H,4-7H2,(H,14,16). The van der Waals surface area contributed by atoms with E-state index in [2.05, 4.69) is 38.3 Å². The van der Waals surface area contributed by atoms with Crippen molar-refractivity contribution < 1.29 is 4.79 Å². The Morgan fingerprint density at radius 2 is 2.31 bits per heavy atom. The van der Waals surface area contributed by atoms with Gasteiger partial charge >= 0.3 is 0 Å². The van der Waals surface area contributed by atoms with Crippen molar-refractivity contribution in [3.05, 3.63) is 28.2 Å². The number of anilines is 1. The lowest BCUT2D eigenvalue weighted by Crippen LogP contribution is -2.56. The van der Waals surface area contributed by atoms with Crippen LogP contribution in [0.5, 0.6) is 0 Å². The summed E-state index contributed by atoms with van der Waals surface area (Å²) in [6, 6.07) is 6.73. The van der Waals surface area contributed by atoms with Gasteiger partial charge in [-0.1, -0.05) is 12.1 Å². The van der Waals surface area contributed by atoms with Crippen LogP contribution in [-0.4, -0.2) is 25.0 Å². The van der Waals surface area contributed by atoms with Crippen LogP contribution in [0.2, 0.25) is 0 Å². The fourth-order valence-corrected chi connectivity index (χ4v) is 3.24. The van der Waals surface area contributed by atoms with Crippen LogP contribution >= 0.6 is 15.9 Å². The first kappa shape index (κ1) is 10.1. The van der Waals surface area contributed by atoms with Crippen LogP contribution in [0.4, 0.5) is 5.69 Å². The second-order valence-corrected chi connectivity index (χ2v) is 5.23. The number of hydrogen-bond acceptors (Lipinski definition) is 2. The summed E-state index contributed by atoms with van der Waals surface area (Å²) in [6.07, 6.45) is 2.23. The summed E-state index contributed by atoms with van der Waals surface area (Å²) in [5.41, 5.74) is 2.56. The molecule has 0 saturated carbocycles. The SMILES string of the molecule is O=C1CN2c3c(Br)cccc3CCC2CN1. The first-order valence-electron chi connectivity index (χ1n) is 5.56. The molecule has 3 nitrogen and oxygen atoms in total. The van der Waals surface area contributed by atoms with Gasteiger partial charge in [0.2, 0.25) is 5.91 Å². The topological polar surface area (TPSA) is 32.3 Å². The van der Waals surface area contributed by atoms with Gasteiger partial charge < -0.3 is 10.2 Å². The van der Waals surface area contributed by atoms with Crippen LogP contribution in [0.1, 0.15) is 12.0 Å². The predicted octanol–water partition coefficient (Wildman–Crippen LogP) is 1.70. The van der Waals surface area contributed by atoms with Gasteiger partial charge in [0, 0.05) is 17.1 Å². The molecule has 16 heavy (non-hydrogen) atoms. The predicted molar refractivity (Wildman–Crippen MR) is 66.6 cm³/mol. The Hall–Kier alpha value is -1.03. The lowest BCUT2D eigenvalue weighted by Gasteiger charge is -2.42. The summed E-state index contributed by atoms with van der Waals surface area (Å²) in [5.74, 6) is 0.125. The van der Waals surface area contributed by atoms with Gasteiger partial charge in [-0.15, -0.1) is 0 Å². The molecule has 1 amide bonds. The monoisotopic (exact) mass is 280 g/mol. The van der Waals surface area contributed by atoms with Gasteiger partial charge in [0.25, 0.3) is 0 Å². The summed E-state index contributed by atoms with van der Waals surface area (Å²) in [5, 5.41) is 2.94. The number of rotatable bonds is 0. The molecule has 2 aliphatic rings. The Morgan fingerprint density at radius 3 is 3.19 bits per heavy atom. The summed E-state index contributed by atoms with van der Waals surface area (Å²) >= 11 is 3.59. The number of nitrogens with one attached hydrogen (secondary N) is 1. The van der Waals surface area contributed by atoms with Crippen molar-refractivity contribution in [1.82, 2.24) is 5.32 Å². The fourth-order valence-electron chi connectivity index (χ4n) is 2.61. The minimum absolute atomic E-state index is 0.125. The van der Waals surface area contributed by atoms with Crippen LogP contribution in [0.15, 0.2) is 22.7 Å². The molecule has 84 valence electrons. The van der Waals surface area contributed by atoms with E-state index in [1.165, 1.54) is 11.3 Å². The third-order valence-corrected chi connectivity index (χ3v) is 4.03. The minimum Gasteiger partial charge on any atom is -0.356 e. The minimum atomic E-state index is 0.125. The van der Waals surface area contributed by atoms with Gasteiger partial charge in [0.05, 0.1) is 12.2 Å². The second kappa shape index (κ2) is 3.77. The zero-order chi connectivity index (χ0) is 11.1. The number of halogens is 1. The number of aryl methyl sites for hydroxylation is 1. The molecule has 3 rings (SSSR count). The first-order chi connectivity index (χ1) is 7.75. The van der Waals surface area contributed by atoms with Crippen molar-refractivity contribution in [1.29, 1.82) is 0 Å². The highest BCUT2D eigenvalue weighted by Crippen LogP contribution is 2.37. The highest BCUT2D eigenvalue weighted by atomic mass is 79.9. The fraction of sp³-hybridized carbons (Fsp3) is 0.417. The van der Waals surface area contributed by atoms with Crippen molar-refractivity contribution in [2.75, 3.05) is 18.0 Å². The molecule has 0 aromatic heterocycles. The summed E-state index contributed by atoms with van der Waals surface area (Å²) in [7, 11) is 0. The molecule has 4 heteroatoms. The summed E-state index contributed by atoms with van der Waals surface area (Å²) in [6.45, 7) is 1.26. The number of carbonyl (C=O) groups excluding carboxylic acids is 1. The van der Waals surface area contributed by atoms with Gasteiger partial charge in [-0.3, -0.25) is 4.79 Å². The van der Waals surface area contributed by atoms with E-state index in [1.807, 2.05) is 6.07 Å². The van der Waals surface area contributed by atoms with Gasteiger partial charge in [-0.25, -0.2) is 0 Å². The summed E-state index contributed by atoms with van der Waals surface area (Å²) < 4.78 is 1.10. The van der Waals surface area contributed by atoms with Crippen LogP contribution in [0, 0.1) is 0 Å². The Labute approximate surface area is 103 Å². The molecule has 0 radical (unpaired) electrons. The number of amides is 1. The van der Waals surface area contributed by atoms with Crippen molar-refractivity contribution in [3.8, 4) is 0 Å². The molecule has 1 aromatic carbocycles. The Bertz CT molecular complexity index is 447. The highest BCUT2D eigenvalue weighted by molar-refractivity contribution is 9.10. The van der Waals surface area contributed by atoms with E-state index >= 15 is 0 Å². The van der Waals surface area contributed by atoms with Gasteiger partial charge in [-0.2, -0.15) is 0 Å². The third-order valence-electron chi connectivity index (χ3n) is 3.39. The molecule has 1 fully saturated rings. The molecular weight excluding hydrogens is 268 g/mol. The Balaban J connectivity index is 2.06. The van der Waals surface area contributed by atoms with Gasteiger partial charge in [0.15, 0.2) is 0 Å². The molecule has 0 aliphatic carbocycles. The lowest BCUT2D eigenvalue weighted by atomic mass is 9.94. The second-order valence-electron chi connectivity index (χ2n) is 4.37. The highest BCUT2D eigenvalue weighted by Gasteiger charge is 2.32. The van der Waals surface area contributed by atoms with Crippen LogP contribution < -0.4 is 10.2 Å².